The number of aromatic nitrogens is 1. The minimum absolute atomic E-state index is 0.256. The minimum atomic E-state index is -0.560. The fourth-order valence-corrected chi connectivity index (χ4v) is 3.00. The number of nitrogens with one attached hydrogen (secondary N) is 1. The van der Waals surface area contributed by atoms with Gasteiger partial charge in [-0.15, -0.1) is 0 Å². The fraction of sp³-hybridized carbons (Fsp3) is 0.529. The Morgan fingerprint density at radius 1 is 1.41 bits per heavy atom. The standard InChI is InChI=1S/C17H24N2O3/c1-12-6-8-19(10-16(12)21)9-13(20)11-22-17-4-2-3-15-14(17)5-7-18-15/h2-5,7,12-13,16,18,20-21H,6,8-11H2,1H3. The van der Waals surface area contributed by atoms with Gasteiger partial charge in [-0.3, -0.25) is 4.90 Å². The van der Waals surface area contributed by atoms with Crippen molar-refractivity contribution in [2.24, 2.45) is 5.92 Å². The van der Waals surface area contributed by atoms with Gasteiger partial charge in [-0.05, 0) is 37.1 Å². The van der Waals surface area contributed by atoms with Gasteiger partial charge in [0.05, 0.1) is 6.10 Å². The van der Waals surface area contributed by atoms with Crippen LogP contribution < -0.4 is 4.74 Å². The van der Waals surface area contributed by atoms with Gasteiger partial charge >= 0.3 is 0 Å². The summed E-state index contributed by atoms with van der Waals surface area (Å²) in [6.07, 6.45) is 1.99. The van der Waals surface area contributed by atoms with Crippen molar-refractivity contribution in [2.45, 2.75) is 25.6 Å². The molecule has 5 heteroatoms. The number of aromatic amines is 1. The van der Waals surface area contributed by atoms with E-state index in [-0.39, 0.29) is 12.7 Å². The molecule has 0 saturated carbocycles. The van der Waals surface area contributed by atoms with Crippen LogP contribution in [0.2, 0.25) is 0 Å². The second-order valence-corrected chi connectivity index (χ2v) is 6.25. The summed E-state index contributed by atoms with van der Waals surface area (Å²) in [5, 5.41) is 21.1. The molecule has 120 valence electrons. The van der Waals surface area contributed by atoms with Gasteiger partial charge in [0.2, 0.25) is 0 Å². The molecular weight excluding hydrogens is 280 g/mol. The largest absolute Gasteiger partial charge is 0.490 e. The average molecular weight is 304 g/mol. The molecule has 22 heavy (non-hydrogen) atoms. The van der Waals surface area contributed by atoms with Crippen LogP contribution in [-0.4, -0.2) is 58.5 Å². The van der Waals surface area contributed by atoms with Gasteiger partial charge in [-0.1, -0.05) is 13.0 Å². The van der Waals surface area contributed by atoms with E-state index in [1.807, 2.05) is 30.5 Å². The normalized spacial score (nSPS) is 24.5. The molecule has 3 atom stereocenters. The Morgan fingerprint density at radius 3 is 3.09 bits per heavy atom. The van der Waals surface area contributed by atoms with E-state index >= 15 is 0 Å². The molecule has 0 bridgehead atoms. The van der Waals surface area contributed by atoms with Crippen LogP contribution in [0.4, 0.5) is 0 Å². The Bertz CT molecular complexity index is 613. The summed E-state index contributed by atoms with van der Waals surface area (Å²) < 4.78 is 5.77. The third-order valence-corrected chi connectivity index (χ3v) is 4.46. The molecule has 1 saturated heterocycles. The molecule has 3 rings (SSSR count). The van der Waals surface area contributed by atoms with Crippen molar-refractivity contribution >= 4 is 10.9 Å². The van der Waals surface area contributed by atoms with Crippen LogP contribution in [0.1, 0.15) is 13.3 Å². The number of aliphatic hydroxyl groups is 2. The highest BCUT2D eigenvalue weighted by molar-refractivity contribution is 5.85. The molecule has 1 aliphatic heterocycles. The van der Waals surface area contributed by atoms with Gasteiger partial charge in [-0.2, -0.15) is 0 Å². The van der Waals surface area contributed by atoms with E-state index in [0.717, 1.165) is 29.6 Å². The van der Waals surface area contributed by atoms with Gasteiger partial charge in [0.1, 0.15) is 18.5 Å². The zero-order valence-corrected chi connectivity index (χ0v) is 12.9. The van der Waals surface area contributed by atoms with Gasteiger partial charge in [0.25, 0.3) is 0 Å². The highest BCUT2D eigenvalue weighted by atomic mass is 16.5. The Morgan fingerprint density at radius 2 is 2.27 bits per heavy atom. The zero-order valence-electron chi connectivity index (χ0n) is 12.9. The number of hydrogen-bond acceptors (Lipinski definition) is 4. The molecule has 2 heterocycles. The molecule has 1 aromatic heterocycles. The average Bonchev–Trinajstić information content (AvgIpc) is 2.98. The van der Waals surface area contributed by atoms with Crippen molar-refractivity contribution in [1.29, 1.82) is 0 Å². The molecule has 3 unspecified atom stereocenters. The maximum atomic E-state index is 10.2. The second kappa shape index (κ2) is 6.69. The van der Waals surface area contributed by atoms with Crippen LogP contribution in [0.5, 0.6) is 5.75 Å². The van der Waals surface area contributed by atoms with Crippen molar-refractivity contribution in [3.05, 3.63) is 30.5 Å². The number of likely N-dealkylation sites (tertiary alicyclic amines) is 1. The van der Waals surface area contributed by atoms with E-state index in [0.29, 0.717) is 19.0 Å². The predicted octanol–water partition coefficient (Wildman–Crippen LogP) is 1.61. The lowest BCUT2D eigenvalue weighted by atomic mass is 9.96. The summed E-state index contributed by atoms with van der Waals surface area (Å²) in [6, 6.07) is 7.81. The lowest BCUT2D eigenvalue weighted by molar-refractivity contribution is 0.000267. The van der Waals surface area contributed by atoms with Crippen LogP contribution >= 0.6 is 0 Å². The van der Waals surface area contributed by atoms with Crippen LogP contribution in [0.25, 0.3) is 10.9 Å². The van der Waals surface area contributed by atoms with E-state index in [2.05, 4.69) is 16.8 Å². The van der Waals surface area contributed by atoms with E-state index < -0.39 is 6.10 Å². The van der Waals surface area contributed by atoms with Crippen molar-refractivity contribution in [2.75, 3.05) is 26.2 Å². The second-order valence-electron chi connectivity index (χ2n) is 6.25. The number of fused-ring (bicyclic) bond motifs is 1. The number of piperidine rings is 1. The first-order valence-corrected chi connectivity index (χ1v) is 7.91. The van der Waals surface area contributed by atoms with E-state index in [1.165, 1.54) is 0 Å². The minimum Gasteiger partial charge on any atom is -0.490 e. The van der Waals surface area contributed by atoms with Crippen molar-refractivity contribution in [3.8, 4) is 5.75 Å². The first-order chi connectivity index (χ1) is 10.6. The highest BCUT2D eigenvalue weighted by Gasteiger charge is 2.25. The molecule has 3 N–H and O–H groups in total. The quantitative estimate of drug-likeness (QED) is 0.785. The maximum Gasteiger partial charge on any atom is 0.128 e. The number of H-pyrrole nitrogens is 1. The lowest BCUT2D eigenvalue weighted by Crippen LogP contribution is -2.46. The van der Waals surface area contributed by atoms with E-state index in [9.17, 15) is 10.2 Å². The summed E-state index contributed by atoms with van der Waals surface area (Å²) >= 11 is 0. The van der Waals surface area contributed by atoms with Gasteiger partial charge in [0, 0.05) is 30.2 Å². The lowest BCUT2D eigenvalue weighted by Gasteiger charge is -2.35. The Labute approximate surface area is 130 Å². The summed E-state index contributed by atoms with van der Waals surface area (Å²) in [4.78, 5) is 5.25. The SMILES string of the molecule is CC1CCN(CC(O)COc2cccc3[nH]ccc23)CC1O. The van der Waals surface area contributed by atoms with Crippen molar-refractivity contribution in [3.63, 3.8) is 0 Å². The summed E-state index contributed by atoms with van der Waals surface area (Å²) in [5.41, 5.74) is 1.03. The first-order valence-electron chi connectivity index (χ1n) is 7.91. The van der Waals surface area contributed by atoms with E-state index in [4.69, 9.17) is 4.74 Å². The number of nitrogens with zero attached hydrogens (tertiary/aromatic N) is 1. The van der Waals surface area contributed by atoms with Crippen molar-refractivity contribution in [1.82, 2.24) is 9.88 Å². The van der Waals surface area contributed by atoms with Crippen LogP contribution in [0.3, 0.4) is 0 Å². The molecule has 0 aliphatic carbocycles. The summed E-state index contributed by atoms with van der Waals surface area (Å²) in [6.45, 7) is 4.41. The third kappa shape index (κ3) is 3.43. The number of benzene rings is 1. The number of hydrogen-bond donors (Lipinski definition) is 3. The zero-order chi connectivity index (χ0) is 15.5. The van der Waals surface area contributed by atoms with Gasteiger partial charge < -0.3 is 19.9 Å². The number of ether oxygens (including phenoxy) is 1. The van der Waals surface area contributed by atoms with Gasteiger partial charge in [0.15, 0.2) is 0 Å². The molecule has 1 aromatic carbocycles. The first kappa shape index (κ1) is 15.3. The molecule has 1 fully saturated rings. The summed E-state index contributed by atoms with van der Waals surface area (Å²) in [5.74, 6) is 1.13. The smallest absolute Gasteiger partial charge is 0.128 e. The molecule has 0 radical (unpaired) electrons. The maximum absolute atomic E-state index is 10.2. The monoisotopic (exact) mass is 304 g/mol. The summed E-state index contributed by atoms with van der Waals surface area (Å²) in [7, 11) is 0. The fourth-order valence-electron chi connectivity index (χ4n) is 3.00. The van der Waals surface area contributed by atoms with Crippen LogP contribution in [-0.2, 0) is 0 Å². The molecule has 2 aromatic rings. The molecular formula is C17H24N2O3. The molecule has 0 amide bonds. The van der Waals surface area contributed by atoms with Crippen LogP contribution in [0, 0.1) is 5.92 Å². The number of rotatable bonds is 5. The van der Waals surface area contributed by atoms with E-state index in [1.54, 1.807) is 0 Å². The Kier molecular flexibility index (Phi) is 4.66. The molecule has 1 aliphatic rings. The Hall–Kier alpha value is -1.56. The topological polar surface area (TPSA) is 68.7 Å². The predicted molar refractivity (Wildman–Crippen MR) is 86.0 cm³/mol. The highest BCUT2D eigenvalue weighted by Crippen LogP contribution is 2.24. The third-order valence-electron chi connectivity index (χ3n) is 4.46. The van der Waals surface area contributed by atoms with Crippen molar-refractivity contribution < 1.29 is 14.9 Å². The van der Waals surface area contributed by atoms with Gasteiger partial charge in [-0.25, -0.2) is 0 Å². The molecule has 5 nitrogen and oxygen atoms in total. The van der Waals surface area contributed by atoms with Crippen LogP contribution in [0.15, 0.2) is 30.5 Å². The number of β-amino-alcohol motifs (C(OH)–C–C–N with tert-alkyl or cyclic N) is 2. The molecule has 0 spiro atoms. The Balaban J connectivity index is 1.52. The number of aliphatic hydroxyl groups excluding tert-OH is 2.